The number of hydrogen-bond donors (Lipinski definition) is 1. The van der Waals surface area contributed by atoms with Crippen molar-refractivity contribution in [3.05, 3.63) is 78.1 Å². The summed E-state index contributed by atoms with van der Waals surface area (Å²) in [6.07, 6.45) is 6.06. The number of carbonyl (C=O) groups is 1. The number of amides is 1. The molecule has 1 aromatic heterocycles. The van der Waals surface area contributed by atoms with E-state index in [1.807, 2.05) is 6.07 Å². The quantitative estimate of drug-likeness (QED) is 0.678. The highest BCUT2D eigenvalue weighted by Gasteiger charge is 2.23. The van der Waals surface area contributed by atoms with E-state index >= 15 is 0 Å². The van der Waals surface area contributed by atoms with Crippen molar-refractivity contribution in [1.82, 2.24) is 10.3 Å². The molecule has 0 bridgehead atoms. The standard InChI is InChI=1S/C22H20N2O2S/c1-27-20-5-2-15(3-6-20)17-4-7-21-18(12-17)13-19(26-21)14-24-22(25)16-8-10-23-11-9-16/h2-12,19H,13-14H2,1H3,(H,24,25). The molecule has 0 saturated carbocycles. The molecule has 2 aromatic carbocycles. The molecule has 0 saturated heterocycles. The van der Waals surface area contributed by atoms with Crippen molar-refractivity contribution >= 4 is 17.7 Å². The van der Waals surface area contributed by atoms with Crippen LogP contribution >= 0.6 is 11.8 Å². The van der Waals surface area contributed by atoms with Gasteiger partial charge in [-0.2, -0.15) is 0 Å². The van der Waals surface area contributed by atoms with Crippen molar-refractivity contribution in [1.29, 1.82) is 0 Å². The van der Waals surface area contributed by atoms with Crippen LogP contribution in [0.5, 0.6) is 5.75 Å². The van der Waals surface area contributed by atoms with Gasteiger partial charge in [0.05, 0.1) is 6.54 Å². The van der Waals surface area contributed by atoms with Crippen LogP contribution in [-0.4, -0.2) is 29.8 Å². The Hall–Kier alpha value is -2.79. The maximum absolute atomic E-state index is 12.2. The van der Waals surface area contributed by atoms with Crippen LogP contribution in [0.1, 0.15) is 15.9 Å². The van der Waals surface area contributed by atoms with Crippen LogP contribution in [-0.2, 0) is 6.42 Å². The zero-order chi connectivity index (χ0) is 18.6. The first-order chi connectivity index (χ1) is 13.2. The third-order valence-corrected chi connectivity index (χ3v) is 5.40. The molecule has 4 nitrogen and oxygen atoms in total. The highest BCUT2D eigenvalue weighted by Crippen LogP contribution is 2.33. The van der Waals surface area contributed by atoms with Crippen LogP contribution < -0.4 is 10.1 Å². The number of ether oxygens (including phenoxy) is 1. The molecule has 4 rings (SSSR count). The molecule has 0 radical (unpaired) electrons. The number of hydrogen-bond acceptors (Lipinski definition) is 4. The van der Waals surface area contributed by atoms with E-state index in [1.54, 1.807) is 36.3 Å². The molecule has 136 valence electrons. The van der Waals surface area contributed by atoms with E-state index < -0.39 is 0 Å². The third kappa shape index (κ3) is 3.98. The smallest absolute Gasteiger partial charge is 0.251 e. The Bertz CT molecular complexity index is 942. The number of carbonyl (C=O) groups excluding carboxylic acids is 1. The van der Waals surface area contributed by atoms with Crippen LogP contribution in [0.3, 0.4) is 0 Å². The van der Waals surface area contributed by atoms with Gasteiger partial charge >= 0.3 is 0 Å². The Balaban J connectivity index is 1.40. The molecule has 1 atom stereocenters. The molecule has 0 aliphatic carbocycles. The van der Waals surface area contributed by atoms with Gasteiger partial charge < -0.3 is 10.1 Å². The second-order valence-corrected chi connectivity index (χ2v) is 7.32. The molecule has 27 heavy (non-hydrogen) atoms. The summed E-state index contributed by atoms with van der Waals surface area (Å²) in [5, 5.41) is 2.94. The topological polar surface area (TPSA) is 51.2 Å². The van der Waals surface area contributed by atoms with Crippen LogP contribution in [0.4, 0.5) is 0 Å². The Labute approximate surface area is 163 Å². The van der Waals surface area contributed by atoms with Gasteiger partial charge in [-0.1, -0.05) is 18.2 Å². The summed E-state index contributed by atoms with van der Waals surface area (Å²) >= 11 is 1.74. The normalized spacial score (nSPS) is 15.1. The second-order valence-electron chi connectivity index (χ2n) is 6.44. The summed E-state index contributed by atoms with van der Waals surface area (Å²) in [6.45, 7) is 0.480. The Kier molecular flexibility index (Phi) is 5.12. The van der Waals surface area contributed by atoms with Crippen molar-refractivity contribution in [3.63, 3.8) is 0 Å². The lowest BCUT2D eigenvalue weighted by Gasteiger charge is -2.11. The van der Waals surface area contributed by atoms with E-state index in [0.717, 1.165) is 12.2 Å². The van der Waals surface area contributed by atoms with Crippen LogP contribution in [0, 0.1) is 0 Å². The number of nitrogens with one attached hydrogen (secondary N) is 1. The first-order valence-electron chi connectivity index (χ1n) is 8.85. The average molecular weight is 376 g/mol. The van der Waals surface area contributed by atoms with Crippen molar-refractivity contribution in [2.45, 2.75) is 17.4 Å². The van der Waals surface area contributed by atoms with Crippen molar-refractivity contribution in [2.24, 2.45) is 0 Å². The first-order valence-corrected chi connectivity index (χ1v) is 10.1. The number of fused-ring (bicyclic) bond motifs is 1. The lowest BCUT2D eigenvalue weighted by atomic mass is 10.0. The molecule has 1 aliphatic rings. The number of pyridine rings is 1. The summed E-state index contributed by atoms with van der Waals surface area (Å²) in [4.78, 5) is 17.4. The molecule has 3 aromatic rings. The van der Waals surface area contributed by atoms with Gasteiger partial charge in [-0.15, -0.1) is 11.8 Å². The monoisotopic (exact) mass is 376 g/mol. The van der Waals surface area contributed by atoms with Gasteiger partial charge in [0.15, 0.2) is 0 Å². The molecule has 1 aliphatic heterocycles. The van der Waals surface area contributed by atoms with Gasteiger partial charge in [-0.05, 0) is 59.3 Å². The van der Waals surface area contributed by atoms with E-state index in [4.69, 9.17) is 4.74 Å². The molecule has 1 amide bonds. The van der Waals surface area contributed by atoms with Gasteiger partial charge in [0.25, 0.3) is 5.91 Å². The average Bonchev–Trinajstić information content (AvgIpc) is 3.15. The number of aromatic nitrogens is 1. The zero-order valence-corrected chi connectivity index (χ0v) is 15.8. The predicted octanol–water partition coefficient (Wildman–Crippen LogP) is 4.20. The van der Waals surface area contributed by atoms with Gasteiger partial charge in [0.1, 0.15) is 11.9 Å². The fraction of sp³-hybridized carbons (Fsp3) is 0.182. The largest absolute Gasteiger partial charge is 0.488 e. The Morgan fingerprint density at radius 1 is 1.11 bits per heavy atom. The maximum Gasteiger partial charge on any atom is 0.251 e. The van der Waals surface area contributed by atoms with Gasteiger partial charge in [0.2, 0.25) is 0 Å². The number of benzene rings is 2. The molecule has 0 spiro atoms. The second kappa shape index (κ2) is 7.84. The van der Waals surface area contributed by atoms with E-state index in [-0.39, 0.29) is 12.0 Å². The number of nitrogens with zero attached hydrogens (tertiary/aromatic N) is 1. The summed E-state index contributed by atoms with van der Waals surface area (Å²) in [5.74, 6) is 0.800. The van der Waals surface area contributed by atoms with Crippen molar-refractivity contribution < 1.29 is 9.53 Å². The molecule has 0 fully saturated rings. The Morgan fingerprint density at radius 2 is 1.85 bits per heavy atom. The van der Waals surface area contributed by atoms with Crippen LogP contribution in [0.25, 0.3) is 11.1 Å². The van der Waals surface area contributed by atoms with Crippen molar-refractivity contribution in [3.8, 4) is 16.9 Å². The summed E-state index contributed by atoms with van der Waals surface area (Å²) < 4.78 is 5.99. The molecule has 5 heteroatoms. The molecular formula is C22H20N2O2S. The highest BCUT2D eigenvalue weighted by molar-refractivity contribution is 7.98. The lowest BCUT2D eigenvalue weighted by Crippen LogP contribution is -2.34. The Morgan fingerprint density at radius 3 is 2.59 bits per heavy atom. The zero-order valence-electron chi connectivity index (χ0n) is 15.0. The van der Waals surface area contributed by atoms with Gasteiger partial charge in [0, 0.05) is 29.3 Å². The number of rotatable bonds is 5. The fourth-order valence-electron chi connectivity index (χ4n) is 3.21. The van der Waals surface area contributed by atoms with E-state index in [9.17, 15) is 4.79 Å². The van der Waals surface area contributed by atoms with E-state index in [1.165, 1.54) is 21.6 Å². The minimum absolute atomic E-state index is 0.0418. The van der Waals surface area contributed by atoms with Gasteiger partial charge in [-0.25, -0.2) is 0 Å². The first kappa shape index (κ1) is 17.6. The van der Waals surface area contributed by atoms with E-state index in [0.29, 0.717) is 12.1 Å². The third-order valence-electron chi connectivity index (χ3n) is 4.66. The van der Waals surface area contributed by atoms with Crippen LogP contribution in [0.15, 0.2) is 71.9 Å². The molecule has 2 heterocycles. The van der Waals surface area contributed by atoms with Crippen LogP contribution in [0.2, 0.25) is 0 Å². The maximum atomic E-state index is 12.2. The SMILES string of the molecule is CSc1ccc(-c2ccc3c(c2)CC(CNC(=O)c2ccncc2)O3)cc1. The minimum atomic E-state index is -0.105. The summed E-state index contributed by atoms with van der Waals surface area (Å²) in [5.41, 5.74) is 4.18. The molecule has 1 unspecified atom stereocenters. The van der Waals surface area contributed by atoms with Crippen molar-refractivity contribution in [2.75, 3.05) is 12.8 Å². The van der Waals surface area contributed by atoms with E-state index in [2.05, 4.69) is 53.0 Å². The van der Waals surface area contributed by atoms with Gasteiger partial charge in [-0.3, -0.25) is 9.78 Å². The number of thioether (sulfide) groups is 1. The highest BCUT2D eigenvalue weighted by atomic mass is 32.2. The fourth-order valence-corrected chi connectivity index (χ4v) is 3.62. The summed E-state index contributed by atoms with van der Waals surface area (Å²) in [6, 6.07) is 18.3. The predicted molar refractivity (Wildman–Crippen MR) is 108 cm³/mol. The summed E-state index contributed by atoms with van der Waals surface area (Å²) in [7, 11) is 0. The molecule has 1 N–H and O–H groups in total. The minimum Gasteiger partial charge on any atom is -0.488 e. The lowest BCUT2D eigenvalue weighted by molar-refractivity contribution is 0.0933. The molecular weight excluding hydrogens is 356 g/mol.